The molecule has 0 unspecified atom stereocenters. The SMILES string of the molecule is COc1cc([C@@H]2O[C@H](SC)[C@@H](O)[C@H](O)[C@H]2O)cc(Cc2ccc3c(c2)OCCO3)c1Cl. The molecule has 168 valence electrons. The zero-order valence-electron chi connectivity index (χ0n) is 17.2. The van der Waals surface area contributed by atoms with E-state index in [4.69, 9.17) is 30.5 Å². The van der Waals surface area contributed by atoms with Crippen LogP contribution in [0.3, 0.4) is 0 Å². The van der Waals surface area contributed by atoms with E-state index in [-0.39, 0.29) is 0 Å². The smallest absolute Gasteiger partial charge is 0.161 e. The van der Waals surface area contributed by atoms with Crippen LogP contribution >= 0.6 is 23.4 Å². The molecular weight excluding hydrogens is 444 g/mol. The zero-order chi connectivity index (χ0) is 22.1. The topological polar surface area (TPSA) is 97.6 Å². The number of rotatable bonds is 5. The van der Waals surface area contributed by atoms with Crippen molar-refractivity contribution >= 4 is 23.4 Å². The van der Waals surface area contributed by atoms with Gasteiger partial charge in [-0.25, -0.2) is 0 Å². The highest BCUT2D eigenvalue weighted by Gasteiger charge is 2.44. The first kappa shape index (κ1) is 22.5. The molecule has 7 nitrogen and oxygen atoms in total. The monoisotopic (exact) mass is 468 g/mol. The minimum atomic E-state index is -1.33. The van der Waals surface area contributed by atoms with Crippen LogP contribution in [0, 0.1) is 0 Å². The molecule has 2 aliphatic heterocycles. The number of aliphatic hydroxyl groups excluding tert-OH is 3. The number of halogens is 1. The second-order valence-corrected chi connectivity index (χ2v) is 8.80. The van der Waals surface area contributed by atoms with Crippen molar-refractivity contribution in [3.63, 3.8) is 0 Å². The van der Waals surface area contributed by atoms with Crippen LogP contribution in [0.25, 0.3) is 0 Å². The first-order chi connectivity index (χ1) is 14.9. The van der Waals surface area contributed by atoms with Crippen molar-refractivity contribution in [3.8, 4) is 17.2 Å². The molecule has 0 aliphatic carbocycles. The third-order valence-electron chi connectivity index (χ3n) is 5.49. The molecule has 1 fully saturated rings. The Labute approximate surface area is 189 Å². The van der Waals surface area contributed by atoms with E-state index < -0.39 is 29.9 Å². The molecule has 5 atom stereocenters. The van der Waals surface area contributed by atoms with E-state index in [1.807, 2.05) is 24.3 Å². The lowest BCUT2D eigenvalue weighted by Crippen LogP contribution is -2.52. The summed E-state index contributed by atoms with van der Waals surface area (Å²) in [5.41, 5.74) is 1.66. The average molecular weight is 469 g/mol. The summed E-state index contributed by atoms with van der Waals surface area (Å²) in [6.07, 6.45) is -2.41. The highest BCUT2D eigenvalue weighted by molar-refractivity contribution is 7.99. The van der Waals surface area contributed by atoms with Crippen molar-refractivity contribution in [2.75, 3.05) is 26.6 Å². The quantitative estimate of drug-likeness (QED) is 0.616. The van der Waals surface area contributed by atoms with E-state index in [2.05, 4.69) is 0 Å². The van der Waals surface area contributed by atoms with Gasteiger partial charge in [-0.15, -0.1) is 11.8 Å². The van der Waals surface area contributed by atoms with Crippen molar-refractivity contribution in [3.05, 3.63) is 52.0 Å². The third-order valence-corrected chi connectivity index (χ3v) is 6.77. The average Bonchev–Trinajstić information content (AvgIpc) is 2.79. The molecule has 2 aromatic rings. The fourth-order valence-electron chi connectivity index (χ4n) is 3.86. The number of fused-ring (bicyclic) bond motifs is 1. The number of aliphatic hydroxyl groups is 3. The van der Waals surface area contributed by atoms with Crippen molar-refractivity contribution in [2.24, 2.45) is 0 Å². The largest absolute Gasteiger partial charge is 0.495 e. The summed E-state index contributed by atoms with van der Waals surface area (Å²) in [4.78, 5) is 0. The predicted molar refractivity (Wildman–Crippen MR) is 117 cm³/mol. The van der Waals surface area contributed by atoms with E-state index in [9.17, 15) is 15.3 Å². The van der Waals surface area contributed by atoms with Gasteiger partial charge in [0.15, 0.2) is 11.5 Å². The normalized spacial score (nSPS) is 27.7. The van der Waals surface area contributed by atoms with Gasteiger partial charge in [0.1, 0.15) is 48.8 Å². The van der Waals surface area contributed by atoms with E-state index in [0.29, 0.717) is 47.5 Å². The fraction of sp³-hybridized carbons (Fsp3) is 0.455. The Kier molecular flexibility index (Phi) is 6.86. The van der Waals surface area contributed by atoms with Gasteiger partial charge in [-0.3, -0.25) is 0 Å². The molecule has 0 bridgehead atoms. The van der Waals surface area contributed by atoms with E-state index in [1.54, 1.807) is 12.3 Å². The number of hydrogen-bond donors (Lipinski definition) is 3. The summed E-state index contributed by atoms with van der Waals surface area (Å²) < 4.78 is 22.6. The van der Waals surface area contributed by atoms with Gasteiger partial charge < -0.3 is 34.3 Å². The lowest BCUT2D eigenvalue weighted by molar-refractivity contribution is -0.200. The van der Waals surface area contributed by atoms with Crippen LogP contribution in [0.5, 0.6) is 17.2 Å². The lowest BCUT2D eigenvalue weighted by Gasteiger charge is -2.40. The third kappa shape index (κ3) is 4.46. The molecule has 3 N–H and O–H groups in total. The van der Waals surface area contributed by atoms with Crippen LogP contribution in [0.1, 0.15) is 22.8 Å². The molecule has 9 heteroatoms. The summed E-state index contributed by atoms with van der Waals surface area (Å²) in [6.45, 7) is 1.03. The first-order valence-electron chi connectivity index (χ1n) is 9.90. The molecule has 4 rings (SSSR count). The van der Waals surface area contributed by atoms with Crippen LogP contribution < -0.4 is 14.2 Å². The maximum absolute atomic E-state index is 10.6. The summed E-state index contributed by atoms with van der Waals surface area (Å²) in [5.74, 6) is 1.83. The van der Waals surface area contributed by atoms with E-state index in [1.165, 1.54) is 18.9 Å². The Hall–Kier alpha value is -1.68. The van der Waals surface area contributed by atoms with Crippen LogP contribution in [-0.2, 0) is 11.2 Å². The molecule has 0 amide bonds. The second-order valence-electron chi connectivity index (χ2n) is 7.48. The second kappa shape index (κ2) is 9.44. The zero-order valence-corrected chi connectivity index (χ0v) is 18.7. The predicted octanol–water partition coefficient (Wildman–Crippen LogP) is 2.55. The highest BCUT2D eigenvalue weighted by Crippen LogP contribution is 2.40. The molecule has 2 aromatic carbocycles. The van der Waals surface area contributed by atoms with Crippen molar-refractivity contribution < 1.29 is 34.3 Å². The Bertz CT molecular complexity index is 938. The van der Waals surface area contributed by atoms with Crippen molar-refractivity contribution in [1.82, 2.24) is 0 Å². The number of thioether (sulfide) groups is 1. The highest BCUT2D eigenvalue weighted by atomic mass is 35.5. The maximum atomic E-state index is 10.6. The Morgan fingerprint density at radius 1 is 1.03 bits per heavy atom. The van der Waals surface area contributed by atoms with Gasteiger partial charge in [0.05, 0.1) is 12.1 Å². The van der Waals surface area contributed by atoms with Crippen LogP contribution in [0.15, 0.2) is 30.3 Å². The number of methoxy groups -OCH3 is 1. The molecular formula is C22H25ClO7S. The summed E-state index contributed by atoms with van der Waals surface area (Å²) in [5, 5.41) is 31.5. The minimum Gasteiger partial charge on any atom is -0.495 e. The van der Waals surface area contributed by atoms with Gasteiger partial charge in [-0.1, -0.05) is 23.7 Å². The van der Waals surface area contributed by atoms with Crippen molar-refractivity contribution in [1.29, 1.82) is 0 Å². The van der Waals surface area contributed by atoms with Crippen molar-refractivity contribution in [2.45, 2.75) is 36.3 Å². The molecule has 2 heterocycles. The fourth-order valence-corrected chi connectivity index (χ4v) is 4.78. The van der Waals surface area contributed by atoms with Gasteiger partial charge in [0.25, 0.3) is 0 Å². The van der Waals surface area contributed by atoms with Crippen LogP contribution in [-0.4, -0.2) is 65.6 Å². The molecule has 0 spiro atoms. The number of hydrogen-bond acceptors (Lipinski definition) is 8. The summed E-state index contributed by atoms with van der Waals surface area (Å²) in [6, 6.07) is 9.24. The van der Waals surface area contributed by atoms with Gasteiger partial charge in [-0.05, 0) is 47.6 Å². The number of benzene rings is 2. The van der Waals surface area contributed by atoms with Crippen LogP contribution in [0.2, 0.25) is 5.02 Å². The number of ether oxygens (including phenoxy) is 4. The standard InChI is InChI=1S/C22H25ClO7S/c1-27-16-10-13(21-19(25)18(24)20(26)22(30-21)31-2)9-12(17(16)23)7-11-3-4-14-15(8-11)29-6-5-28-14/h3-4,8-10,18-22,24-26H,5-7H2,1-2H3/t18-,19-,20+,21+,22-/m1/s1. The Morgan fingerprint density at radius 2 is 1.77 bits per heavy atom. The molecule has 1 saturated heterocycles. The molecule has 0 aromatic heterocycles. The van der Waals surface area contributed by atoms with Gasteiger partial charge >= 0.3 is 0 Å². The van der Waals surface area contributed by atoms with Crippen LogP contribution in [0.4, 0.5) is 0 Å². The lowest BCUT2D eigenvalue weighted by atomic mass is 9.92. The van der Waals surface area contributed by atoms with Gasteiger partial charge in [0.2, 0.25) is 0 Å². The minimum absolute atomic E-state index is 0.434. The molecule has 2 aliphatic rings. The maximum Gasteiger partial charge on any atom is 0.161 e. The molecule has 0 radical (unpaired) electrons. The van der Waals surface area contributed by atoms with Gasteiger partial charge in [0, 0.05) is 0 Å². The first-order valence-corrected chi connectivity index (χ1v) is 11.6. The Balaban J connectivity index is 1.67. The van der Waals surface area contributed by atoms with E-state index in [0.717, 1.165) is 11.1 Å². The summed E-state index contributed by atoms with van der Waals surface area (Å²) >= 11 is 7.84. The summed E-state index contributed by atoms with van der Waals surface area (Å²) in [7, 11) is 1.51. The molecule has 0 saturated carbocycles. The van der Waals surface area contributed by atoms with E-state index >= 15 is 0 Å². The molecule has 31 heavy (non-hydrogen) atoms. The van der Waals surface area contributed by atoms with Gasteiger partial charge in [-0.2, -0.15) is 0 Å². The Morgan fingerprint density at radius 3 is 2.48 bits per heavy atom.